The zero-order chi connectivity index (χ0) is 14.5. The zero-order valence-electron chi connectivity index (χ0n) is 11.0. The van der Waals surface area contributed by atoms with Gasteiger partial charge in [-0.2, -0.15) is 0 Å². The van der Waals surface area contributed by atoms with Gasteiger partial charge in [0.25, 0.3) is 0 Å². The summed E-state index contributed by atoms with van der Waals surface area (Å²) >= 11 is 0. The fraction of sp³-hybridized carbons (Fsp3) is 0.143. The van der Waals surface area contributed by atoms with Crippen molar-refractivity contribution < 1.29 is 24.1 Å². The Labute approximate surface area is 115 Å². The van der Waals surface area contributed by atoms with E-state index in [1.165, 1.54) is 26.5 Å². The van der Waals surface area contributed by atoms with Gasteiger partial charge in [-0.15, -0.1) is 0 Å². The molecule has 1 aromatic heterocycles. The molecule has 0 fully saturated rings. The van der Waals surface area contributed by atoms with Crippen molar-refractivity contribution in [1.29, 1.82) is 0 Å². The number of carboxylic acid groups (broad SMARTS) is 1. The van der Waals surface area contributed by atoms with Crippen LogP contribution in [0, 0.1) is 0 Å². The van der Waals surface area contributed by atoms with Crippen LogP contribution in [0.25, 0.3) is 0 Å². The number of aromatic carboxylic acids is 1. The second-order valence-corrected chi connectivity index (χ2v) is 3.75. The molecule has 0 aliphatic heterocycles. The number of carbonyl (C=O) groups is 1. The van der Waals surface area contributed by atoms with Crippen LogP contribution in [0.15, 0.2) is 36.5 Å². The first-order valence-corrected chi connectivity index (χ1v) is 5.74. The summed E-state index contributed by atoms with van der Waals surface area (Å²) in [6.07, 6.45) is 1.38. The van der Waals surface area contributed by atoms with E-state index in [1.54, 1.807) is 24.3 Å². The lowest BCUT2D eigenvalue weighted by Gasteiger charge is -2.14. The molecule has 0 unspecified atom stereocenters. The number of rotatable bonds is 5. The number of nitrogens with zero attached hydrogens (tertiary/aromatic N) is 1. The van der Waals surface area contributed by atoms with Gasteiger partial charge in [0.2, 0.25) is 5.75 Å². The molecule has 1 N–H and O–H groups in total. The normalized spacial score (nSPS) is 9.90. The van der Waals surface area contributed by atoms with Gasteiger partial charge in [-0.05, 0) is 24.3 Å². The number of benzene rings is 1. The highest BCUT2D eigenvalue weighted by Crippen LogP contribution is 2.40. The Morgan fingerprint density at radius 1 is 1.05 bits per heavy atom. The van der Waals surface area contributed by atoms with Crippen molar-refractivity contribution in [1.82, 2.24) is 4.98 Å². The molecule has 0 saturated carbocycles. The fourth-order valence-electron chi connectivity index (χ4n) is 1.66. The van der Waals surface area contributed by atoms with Crippen LogP contribution in [0.4, 0.5) is 0 Å². The van der Waals surface area contributed by atoms with Gasteiger partial charge in [-0.1, -0.05) is 6.07 Å². The van der Waals surface area contributed by atoms with E-state index in [1.807, 2.05) is 0 Å². The van der Waals surface area contributed by atoms with Gasteiger partial charge in [0, 0.05) is 6.20 Å². The average Bonchev–Trinajstić information content (AvgIpc) is 2.47. The number of ether oxygens (including phenoxy) is 3. The molecule has 0 saturated heterocycles. The molecule has 6 heteroatoms. The summed E-state index contributed by atoms with van der Waals surface area (Å²) in [5, 5.41) is 9.09. The number of hydrogen-bond donors (Lipinski definition) is 1. The van der Waals surface area contributed by atoms with Gasteiger partial charge in [0.05, 0.1) is 14.2 Å². The maximum Gasteiger partial charge on any atom is 0.358 e. The highest BCUT2D eigenvalue weighted by molar-refractivity contribution is 5.88. The van der Waals surface area contributed by atoms with E-state index >= 15 is 0 Å². The number of aromatic nitrogens is 1. The summed E-state index contributed by atoms with van der Waals surface area (Å²) in [5.74, 6) is 0.111. The Bertz CT molecular complexity index is 604. The van der Waals surface area contributed by atoms with Crippen LogP contribution in [0.2, 0.25) is 0 Å². The van der Waals surface area contributed by atoms with Crippen molar-refractivity contribution >= 4 is 5.97 Å². The number of hydrogen-bond acceptors (Lipinski definition) is 5. The molecular weight excluding hydrogens is 262 g/mol. The summed E-state index contributed by atoms with van der Waals surface area (Å²) in [6.45, 7) is 0. The molecule has 0 spiro atoms. The van der Waals surface area contributed by atoms with Crippen LogP contribution >= 0.6 is 0 Å². The molecule has 1 heterocycles. The molecule has 0 amide bonds. The largest absolute Gasteiger partial charge is 0.493 e. The molecular formula is C14H13NO5. The minimum atomic E-state index is -1.17. The molecule has 1 aromatic carbocycles. The van der Waals surface area contributed by atoms with Gasteiger partial charge >= 0.3 is 5.97 Å². The van der Waals surface area contributed by atoms with E-state index in [2.05, 4.69) is 4.98 Å². The maximum absolute atomic E-state index is 11.1. The number of pyridine rings is 1. The molecule has 0 atom stereocenters. The van der Waals surface area contributed by atoms with Crippen molar-refractivity contribution in [2.45, 2.75) is 0 Å². The van der Waals surface area contributed by atoms with Crippen LogP contribution in [-0.4, -0.2) is 30.3 Å². The number of methoxy groups -OCH3 is 2. The average molecular weight is 275 g/mol. The molecule has 2 aromatic rings. The van der Waals surface area contributed by atoms with Gasteiger partial charge in [-0.25, -0.2) is 9.78 Å². The molecule has 0 bridgehead atoms. The zero-order valence-corrected chi connectivity index (χ0v) is 11.0. The first kappa shape index (κ1) is 13.7. The maximum atomic E-state index is 11.1. The fourth-order valence-corrected chi connectivity index (χ4v) is 1.66. The summed E-state index contributed by atoms with van der Waals surface area (Å²) in [4.78, 5) is 14.9. The molecule has 2 rings (SSSR count). The Morgan fingerprint density at radius 2 is 1.65 bits per heavy atom. The predicted octanol–water partition coefficient (Wildman–Crippen LogP) is 2.59. The smallest absolute Gasteiger partial charge is 0.358 e. The monoisotopic (exact) mass is 275 g/mol. The highest BCUT2D eigenvalue weighted by atomic mass is 16.5. The second kappa shape index (κ2) is 5.92. The predicted molar refractivity (Wildman–Crippen MR) is 70.8 cm³/mol. The lowest BCUT2D eigenvalue weighted by Crippen LogP contribution is -2.03. The third kappa shape index (κ3) is 2.64. The topological polar surface area (TPSA) is 77.9 Å². The van der Waals surface area contributed by atoms with Crippen LogP contribution in [-0.2, 0) is 0 Å². The van der Waals surface area contributed by atoms with E-state index < -0.39 is 5.97 Å². The van der Waals surface area contributed by atoms with Crippen LogP contribution in [0.3, 0.4) is 0 Å². The Hall–Kier alpha value is -2.76. The quantitative estimate of drug-likeness (QED) is 0.903. The van der Waals surface area contributed by atoms with Gasteiger partial charge < -0.3 is 19.3 Å². The first-order chi connectivity index (χ1) is 9.67. The Kier molecular flexibility index (Phi) is 4.05. The lowest BCUT2D eigenvalue weighted by molar-refractivity contribution is 0.0687. The van der Waals surface area contributed by atoms with E-state index in [9.17, 15) is 4.79 Å². The molecule has 6 nitrogen and oxygen atoms in total. The summed E-state index contributed by atoms with van der Waals surface area (Å²) in [5.41, 5.74) is -0.180. The summed E-state index contributed by atoms with van der Waals surface area (Å²) in [6, 6.07) is 8.22. The SMILES string of the molecule is COc1cccc(OC)c1Oc1cccnc1C(=O)O. The van der Waals surface area contributed by atoms with Crippen LogP contribution in [0.1, 0.15) is 10.5 Å². The van der Waals surface area contributed by atoms with E-state index in [4.69, 9.17) is 19.3 Å². The molecule has 0 aliphatic rings. The Balaban J connectivity index is 2.47. The van der Waals surface area contributed by atoms with Crippen LogP contribution in [0.5, 0.6) is 23.0 Å². The van der Waals surface area contributed by atoms with E-state index in [-0.39, 0.29) is 11.4 Å². The third-order valence-electron chi connectivity index (χ3n) is 2.57. The lowest BCUT2D eigenvalue weighted by atomic mass is 10.2. The van der Waals surface area contributed by atoms with Crippen molar-refractivity contribution in [3.05, 3.63) is 42.2 Å². The van der Waals surface area contributed by atoms with Gasteiger partial charge in [0.15, 0.2) is 22.9 Å². The summed E-state index contributed by atoms with van der Waals surface area (Å²) < 4.78 is 16.0. The summed E-state index contributed by atoms with van der Waals surface area (Å²) in [7, 11) is 2.98. The number of carboxylic acids is 1. The van der Waals surface area contributed by atoms with Crippen molar-refractivity contribution in [2.24, 2.45) is 0 Å². The minimum Gasteiger partial charge on any atom is -0.493 e. The van der Waals surface area contributed by atoms with Crippen LogP contribution < -0.4 is 14.2 Å². The molecule has 104 valence electrons. The molecule has 0 radical (unpaired) electrons. The highest BCUT2D eigenvalue weighted by Gasteiger charge is 2.17. The van der Waals surface area contributed by atoms with E-state index in [0.717, 1.165) is 0 Å². The van der Waals surface area contributed by atoms with E-state index in [0.29, 0.717) is 17.2 Å². The van der Waals surface area contributed by atoms with Crippen molar-refractivity contribution in [2.75, 3.05) is 14.2 Å². The van der Waals surface area contributed by atoms with Gasteiger partial charge in [-0.3, -0.25) is 0 Å². The second-order valence-electron chi connectivity index (χ2n) is 3.75. The molecule has 20 heavy (non-hydrogen) atoms. The number of para-hydroxylation sites is 1. The van der Waals surface area contributed by atoms with Crippen molar-refractivity contribution in [3.8, 4) is 23.0 Å². The van der Waals surface area contributed by atoms with Gasteiger partial charge in [0.1, 0.15) is 0 Å². The molecule has 0 aliphatic carbocycles. The first-order valence-electron chi connectivity index (χ1n) is 5.74. The minimum absolute atomic E-state index is 0.114. The van der Waals surface area contributed by atoms with Crippen molar-refractivity contribution in [3.63, 3.8) is 0 Å². The third-order valence-corrected chi connectivity index (χ3v) is 2.57. The standard InChI is InChI=1S/C14H13NO5/c1-18-10-5-3-6-11(19-2)13(10)20-9-7-4-8-15-12(9)14(16)17/h3-8H,1-2H3,(H,16,17). The Morgan fingerprint density at radius 3 is 2.20 bits per heavy atom.